The van der Waals surface area contributed by atoms with Gasteiger partial charge in [-0.3, -0.25) is 4.79 Å². The molecule has 0 aliphatic carbocycles. The molecule has 0 radical (unpaired) electrons. The molecule has 4 nitrogen and oxygen atoms in total. The number of anilines is 1. The number of hydrogen-bond acceptors (Lipinski definition) is 3. The predicted octanol–water partition coefficient (Wildman–Crippen LogP) is 2.67. The van der Waals surface area contributed by atoms with Crippen molar-refractivity contribution in [1.82, 2.24) is 9.88 Å². The summed E-state index contributed by atoms with van der Waals surface area (Å²) >= 11 is 0. The van der Waals surface area contributed by atoms with Crippen LogP contribution in [-0.2, 0) is 4.79 Å². The molecule has 0 spiro atoms. The predicted molar refractivity (Wildman–Crippen MR) is 79.8 cm³/mol. The van der Waals surface area contributed by atoms with Crippen LogP contribution in [0, 0.1) is 6.92 Å². The summed E-state index contributed by atoms with van der Waals surface area (Å²) in [5.41, 5.74) is 2.49. The van der Waals surface area contributed by atoms with Crippen molar-refractivity contribution < 1.29 is 4.79 Å². The summed E-state index contributed by atoms with van der Waals surface area (Å²) in [6, 6.07) is 2.42. The van der Waals surface area contributed by atoms with E-state index in [2.05, 4.69) is 22.9 Å². The highest BCUT2D eigenvalue weighted by Gasteiger charge is 2.25. The zero-order chi connectivity index (χ0) is 13.9. The van der Waals surface area contributed by atoms with Crippen molar-refractivity contribution in [2.24, 2.45) is 0 Å². The average Bonchev–Trinajstić information content (AvgIpc) is 3.01. The van der Waals surface area contributed by atoms with Crippen LogP contribution >= 0.6 is 0 Å². The van der Waals surface area contributed by atoms with Crippen LogP contribution in [0.15, 0.2) is 12.3 Å². The maximum absolute atomic E-state index is 11.2. The van der Waals surface area contributed by atoms with E-state index >= 15 is 0 Å². The lowest BCUT2D eigenvalue weighted by Gasteiger charge is -2.34. The van der Waals surface area contributed by atoms with Gasteiger partial charge < -0.3 is 9.80 Å². The number of aryl methyl sites for hydroxylation is 1. The van der Waals surface area contributed by atoms with Crippen molar-refractivity contribution in [3.05, 3.63) is 23.4 Å². The number of hydrogen-bond donors (Lipinski definition) is 0. The zero-order valence-corrected chi connectivity index (χ0v) is 12.2. The third-order valence-corrected chi connectivity index (χ3v) is 4.61. The molecule has 3 rings (SSSR count). The molecule has 0 bridgehead atoms. The number of rotatable bonds is 3. The van der Waals surface area contributed by atoms with Gasteiger partial charge >= 0.3 is 0 Å². The average molecular weight is 273 g/mol. The minimum Gasteiger partial charge on any atom is -0.357 e. The van der Waals surface area contributed by atoms with Crippen LogP contribution in [0.2, 0.25) is 0 Å². The lowest BCUT2D eigenvalue weighted by molar-refractivity contribution is -0.121. The van der Waals surface area contributed by atoms with Gasteiger partial charge in [-0.05, 0) is 56.2 Å². The van der Waals surface area contributed by atoms with Gasteiger partial charge in [0.05, 0.1) is 6.04 Å². The molecule has 4 heteroatoms. The number of carbonyl (C=O) groups is 1. The number of likely N-dealkylation sites (tertiary alicyclic amines) is 1. The van der Waals surface area contributed by atoms with Crippen LogP contribution in [0.4, 0.5) is 5.82 Å². The summed E-state index contributed by atoms with van der Waals surface area (Å²) < 4.78 is 0. The van der Waals surface area contributed by atoms with E-state index in [4.69, 9.17) is 0 Å². The topological polar surface area (TPSA) is 36.4 Å². The zero-order valence-electron chi connectivity index (χ0n) is 12.2. The number of piperidine rings is 1. The van der Waals surface area contributed by atoms with Gasteiger partial charge in [-0.2, -0.15) is 0 Å². The molecule has 20 heavy (non-hydrogen) atoms. The summed E-state index contributed by atoms with van der Waals surface area (Å²) in [6.07, 6.45) is 8.90. The van der Waals surface area contributed by atoms with E-state index in [0.717, 1.165) is 44.7 Å². The molecule has 3 heterocycles. The van der Waals surface area contributed by atoms with Gasteiger partial charge in [0.1, 0.15) is 5.82 Å². The van der Waals surface area contributed by atoms with E-state index in [0.29, 0.717) is 0 Å². The molecule has 2 saturated heterocycles. The van der Waals surface area contributed by atoms with Crippen molar-refractivity contribution in [2.45, 2.75) is 45.1 Å². The molecule has 0 aromatic carbocycles. The third kappa shape index (κ3) is 2.51. The van der Waals surface area contributed by atoms with Crippen molar-refractivity contribution >= 4 is 12.2 Å². The van der Waals surface area contributed by atoms with E-state index in [-0.39, 0.29) is 6.04 Å². The minimum atomic E-state index is 0.223. The molecule has 0 N–H and O–H groups in total. The lowest BCUT2D eigenvalue weighted by Crippen LogP contribution is -2.32. The number of nitrogens with zero attached hydrogens (tertiary/aromatic N) is 3. The highest BCUT2D eigenvalue weighted by molar-refractivity contribution is 5.51. The number of pyridine rings is 1. The van der Waals surface area contributed by atoms with Crippen molar-refractivity contribution in [3.63, 3.8) is 0 Å². The molecule has 1 amide bonds. The monoisotopic (exact) mass is 273 g/mol. The molecular formula is C16H23N3O. The number of carbonyl (C=O) groups excluding carboxylic acids is 1. The molecule has 108 valence electrons. The first-order chi connectivity index (χ1) is 9.79. The SMILES string of the molecule is Cc1cc(N2CCCC2)ncc1C1CCCCN1C=O. The highest BCUT2D eigenvalue weighted by atomic mass is 16.1. The normalized spacial score (nSPS) is 23.1. The van der Waals surface area contributed by atoms with Crippen LogP contribution in [0.5, 0.6) is 0 Å². The summed E-state index contributed by atoms with van der Waals surface area (Å²) in [6.45, 7) is 5.26. The van der Waals surface area contributed by atoms with Gasteiger partial charge in [0.2, 0.25) is 6.41 Å². The Morgan fingerprint density at radius 3 is 2.65 bits per heavy atom. The molecule has 1 aromatic heterocycles. The molecule has 1 atom stereocenters. The fourth-order valence-electron chi connectivity index (χ4n) is 3.43. The molecule has 2 aliphatic heterocycles. The van der Waals surface area contributed by atoms with E-state index in [1.54, 1.807) is 0 Å². The first kappa shape index (κ1) is 13.4. The maximum Gasteiger partial charge on any atom is 0.210 e. The van der Waals surface area contributed by atoms with Crippen molar-refractivity contribution in [1.29, 1.82) is 0 Å². The highest BCUT2D eigenvalue weighted by Crippen LogP contribution is 2.32. The van der Waals surface area contributed by atoms with E-state index in [1.165, 1.54) is 30.4 Å². The number of amides is 1. The van der Waals surface area contributed by atoms with Gasteiger partial charge in [0, 0.05) is 25.8 Å². The second-order valence-electron chi connectivity index (χ2n) is 5.95. The Bertz CT molecular complexity index is 483. The molecule has 2 aliphatic rings. The molecular weight excluding hydrogens is 250 g/mol. The van der Waals surface area contributed by atoms with Gasteiger partial charge in [0.25, 0.3) is 0 Å². The second-order valence-corrected chi connectivity index (χ2v) is 5.95. The van der Waals surface area contributed by atoms with Gasteiger partial charge in [-0.15, -0.1) is 0 Å². The Hall–Kier alpha value is -1.58. The van der Waals surface area contributed by atoms with Crippen LogP contribution in [-0.4, -0.2) is 35.9 Å². The Labute approximate surface area is 120 Å². The fraction of sp³-hybridized carbons (Fsp3) is 0.625. The van der Waals surface area contributed by atoms with Crippen molar-refractivity contribution in [2.75, 3.05) is 24.5 Å². The fourth-order valence-corrected chi connectivity index (χ4v) is 3.43. The molecule has 0 saturated carbocycles. The lowest BCUT2D eigenvalue weighted by atomic mass is 9.94. The first-order valence-electron chi connectivity index (χ1n) is 7.72. The first-order valence-corrected chi connectivity index (χ1v) is 7.72. The van der Waals surface area contributed by atoms with Crippen LogP contribution in [0.25, 0.3) is 0 Å². The van der Waals surface area contributed by atoms with Crippen molar-refractivity contribution in [3.8, 4) is 0 Å². The molecule has 1 unspecified atom stereocenters. The standard InChI is InChI=1S/C16H23N3O/c1-13-10-16(18-7-4-5-8-18)17-11-14(13)15-6-2-3-9-19(15)12-20/h10-12,15H,2-9H2,1H3. The van der Waals surface area contributed by atoms with Crippen LogP contribution in [0.1, 0.15) is 49.3 Å². The smallest absolute Gasteiger partial charge is 0.210 e. The second kappa shape index (κ2) is 5.81. The van der Waals surface area contributed by atoms with Gasteiger partial charge in [-0.25, -0.2) is 4.98 Å². The Kier molecular flexibility index (Phi) is 3.90. The van der Waals surface area contributed by atoms with E-state index < -0.39 is 0 Å². The Balaban J connectivity index is 1.84. The van der Waals surface area contributed by atoms with Crippen LogP contribution in [0.3, 0.4) is 0 Å². The Morgan fingerprint density at radius 1 is 1.20 bits per heavy atom. The largest absolute Gasteiger partial charge is 0.357 e. The quantitative estimate of drug-likeness (QED) is 0.794. The summed E-state index contributed by atoms with van der Waals surface area (Å²) in [4.78, 5) is 20.2. The van der Waals surface area contributed by atoms with Gasteiger partial charge in [0.15, 0.2) is 0 Å². The van der Waals surface area contributed by atoms with E-state index in [1.807, 2.05) is 11.1 Å². The van der Waals surface area contributed by atoms with Crippen LogP contribution < -0.4 is 4.90 Å². The summed E-state index contributed by atoms with van der Waals surface area (Å²) in [7, 11) is 0. The summed E-state index contributed by atoms with van der Waals surface area (Å²) in [5, 5.41) is 0. The Morgan fingerprint density at radius 2 is 1.95 bits per heavy atom. The minimum absolute atomic E-state index is 0.223. The summed E-state index contributed by atoms with van der Waals surface area (Å²) in [5.74, 6) is 1.09. The third-order valence-electron chi connectivity index (χ3n) is 4.61. The number of aromatic nitrogens is 1. The maximum atomic E-state index is 11.2. The van der Waals surface area contributed by atoms with Gasteiger partial charge in [-0.1, -0.05) is 0 Å². The molecule has 2 fully saturated rings. The molecule has 1 aromatic rings. The van der Waals surface area contributed by atoms with E-state index in [9.17, 15) is 4.79 Å².